The van der Waals surface area contributed by atoms with E-state index in [4.69, 9.17) is 5.11 Å². The predicted octanol–water partition coefficient (Wildman–Crippen LogP) is 2.74. The van der Waals surface area contributed by atoms with E-state index in [-0.39, 0.29) is 11.3 Å². The van der Waals surface area contributed by atoms with Gasteiger partial charge in [-0.2, -0.15) is 22.0 Å². The Balaban J connectivity index is 3.07. The Morgan fingerprint density at radius 3 is 2.48 bits per heavy atom. The van der Waals surface area contributed by atoms with Crippen LogP contribution < -0.4 is 10.1 Å². The van der Waals surface area contributed by atoms with Crippen molar-refractivity contribution in [1.82, 2.24) is 5.32 Å². The molecule has 1 rings (SSSR count). The normalized spacial score (nSPS) is 14.8. The van der Waals surface area contributed by atoms with Gasteiger partial charge in [0.05, 0.1) is 6.54 Å². The second-order valence-corrected chi connectivity index (χ2v) is 4.31. The number of rotatable bonds is 6. The number of halogens is 5. The van der Waals surface area contributed by atoms with Crippen molar-refractivity contribution < 1.29 is 36.6 Å². The van der Waals surface area contributed by atoms with Gasteiger partial charge in [0, 0.05) is 0 Å². The third kappa shape index (κ3) is 4.85. The Hall–Kier alpha value is -1.90. The molecule has 0 saturated carbocycles. The number of benzene rings is 1. The molecule has 0 fully saturated rings. The number of hydrogen-bond acceptors (Lipinski definition) is 3. The fourth-order valence-corrected chi connectivity index (χ4v) is 1.56. The van der Waals surface area contributed by atoms with Gasteiger partial charge in [-0.3, -0.25) is 5.32 Å². The molecular formula is C12H12F5NO3. The van der Waals surface area contributed by atoms with Crippen molar-refractivity contribution in [2.24, 2.45) is 0 Å². The monoisotopic (exact) mass is 313 g/mol. The Morgan fingerprint density at radius 2 is 2.00 bits per heavy atom. The second-order valence-electron chi connectivity index (χ2n) is 4.31. The Morgan fingerprint density at radius 1 is 1.38 bits per heavy atom. The lowest BCUT2D eigenvalue weighted by atomic mass is 9.92. The van der Waals surface area contributed by atoms with Gasteiger partial charge in [-0.15, -0.1) is 0 Å². The van der Waals surface area contributed by atoms with Crippen molar-refractivity contribution in [2.75, 3.05) is 6.54 Å². The number of carbonyl (C=O) groups is 1. The molecular weight excluding hydrogens is 301 g/mol. The van der Waals surface area contributed by atoms with Crippen LogP contribution in [0.15, 0.2) is 24.3 Å². The van der Waals surface area contributed by atoms with E-state index >= 15 is 0 Å². The minimum atomic E-state index is -4.62. The topological polar surface area (TPSA) is 58.6 Å². The van der Waals surface area contributed by atoms with Crippen LogP contribution in [0.4, 0.5) is 22.0 Å². The van der Waals surface area contributed by atoms with Crippen molar-refractivity contribution in [1.29, 1.82) is 0 Å². The van der Waals surface area contributed by atoms with E-state index in [1.165, 1.54) is 12.1 Å². The fourth-order valence-electron chi connectivity index (χ4n) is 1.56. The molecule has 0 bridgehead atoms. The summed E-state index contributed by atoms with van der Waals surface area (Å²) in [6.45, 7) is -3.67. The number of aliphatic carboxylic acids is 1. The van der Waals surface area contributed by atoms with Gasteiger partial charge in [0.15, 0.2) is 0 Å². The van der Waals surface area contributed by atoms with E-state index < -0.39 is 30.8 Å². The Labute approximate surface area is 116 Å². The second kappa shape index (κ2) is 6.25. The van der Waals surface area contributed by atoms with Gasteiger partial charge in [-0.05, 0) is 24.6 Å². The van der Waals surface area contributed by atoms with Crippen LogP contribution in [0, 0.1) is 0 Å². The third-order valence-corrected chi connectivity index (χ3v) is 2.71. The molecule has 0 radical (unpaired) electrons. The molecule has 0 spiro atoms. The minimum absolute atomic E-state index is 0.141. The first-order chi connectivity index (χ1) is 9.54. The van der Waals surface area contributed by atoms with E-state index in [0.717, 1.165) is 19.1 Å². The molecule has 1 atom stereocenters. The molecule has 1 unspecified atom stereocenters. The summed E-state index contributed by atoms with van der Waals surface area (Å²) in [4.78, 5) is 11.3. The highest BCUT2D eigenvalue weighted by Crippen LogP contribution is 2.27. The molecule has 1 aromatic rings. The maximum Gasteiger partial charge on any atom is 0.401 e. The Bertz CT molecular complexity index is 506. The molecule has 1 aromatic carbocycles. The van der Waals surface area contributed by atoms with Gasteiger partial charge >= 0.3 is 18.8 Å². The molecule has 21 heavy (non-hydrogen) atoms. The molecule has 0 aliphatic rings. The zero-order chi connectivity index (χ0) is 16.3. The smallest absolute Gasteiger partial charge is 0.401 e. The van der Waals surface area contributed by atoms with Crippen LogP contribution in [0.1, 0.15) is 12.5 Å². The lowest BCUT2D eigenvalue weighted by molar-refractivity contribution is -0.150. The van der Waals surface area contributed by atoms with Crippen LogP contribution >= 0.6 is 0 Å². The van der Waals surface area contributed by atoms with Crippen LogP contribution in [0.5, 0.6) is 5.75 Å². The van der Waals surface area contributed by atoms with Crippen molar-refractivity contribution in [3.8, 4) is 5.75 Å². The van der Waals surface area contributed by atoms with Gasteiger partial charge in [0.25, 0.3) is 0 Å². The van der Waals surface area contributed by atoms with E-state index in [0.29, 0.717) is 0 Å². The lowest BCUT2D eigenvalue weighted by Gasteiger charge is -2.27. The third-order valence-electron chi connectivity index (χ3n) is 2.71. The van der Waals surface area contributed by atoms with E-state index in [2.05, 4.69) is 4.74 Å². The highest BCUT2D eigenvalue weighted by atomic mass is 19.4. The quantitative estimate of drug-likeness (QED) is 0.793. The standard InChI is InChI=1S/C12H12F5NO3/c1-11(9(19)20,18-6-12(15,16)17)7-3-2-4-8(5-7)21-10(13)14/h2-5,10,18H,6H2,1H3,(H,19,20). The average molecular weight is 313 g/mol. The van der Waals surface area contributed by atoms with Gasteiger partial charge in [0.2, 0.25) is 0 Å². The first kappa shape index (κ1) is 17.2. The molecule has 0 aliphatic carbocycles. The van der Waals surface area contributed by atoms with Crippen LogP contribution in [0.3, 0.4) is 0 Å². The van der Waals surface area contributed by atoms with Crippen LogP contribution in [-0.2, 0) is 10.3 Å². The highest BCUT2D eigenvalue weighted by molar-refractivity contribution is 5.80. The maximum absolute atomic E-state index is 12.2. The summed E-state index contributed by atoms with van der Waals surface area (Å²) in [5.74, 6) is -1.93. The summed E-state index contributed by atoms with van der Waals surface area (Å²) in [6, 6.07) is 4.50. The predicted molar refractivity (Wildman–Crippen MR) is 62.1 cm³/mol. The molecule has 0 amide bonds. The van der Waals surface area contributed by atoms with Gasteiger partial charge < -0.3 is 9.84 Å². The van der Waals surface area contributed by atoms with Crippen LogP contribution in [0.2, 0.25) is 0 Å². The maximum atomic E-state index is 12.2. The van der Waals surface area contributed by atoms with Crippen LogP contribution in [0.25, 0.3) is 0 Å². The number of nitrogens with one attached hydrogen (secondary N) is 1. The molecule has 0 saturated heterocycles. The minimum Gasteiger partial charge on any atom is -0.480 e. The van der Waals surface area contributed by atoms with Gasteiger partial charge in [0.1, 0.15) is 11.3 Å². The van der Waals surface area contributed by atoms with Crippen molar-refractivity contribution in [3.63, 3.8) is 0 Å². The zero-order valence-electron chi connectivity index (χ0n) is 10.7. The largest absolute Gasteiger partial charge is 0.480 e. The molecule has 2 N–H and O–H groups in total. The summed E-state index contributed by atoms with van der Waals surface area (Å²) in [6.07, 6.45) is -4.62. The molecule has 0 aromatic heterocycles. The Kier molecular flexibility index (Phi) is 5.10. The molecule has 118 valence electrons. The first-order valence-electron chi connectivity index (χ1n) is 5.65. The van der Waals surface area contributed by atoms with Crippen LogP contribution in [-0.4, -0.2) is 30.4 Å². The summed E-state index contributed by atoms with van der Waals surface area (Å²) in [5, 5.41) is 11.0. The summed E-state index contributed by atoms with van der Waals surface area (Å²) in [7, 11) is 0. The first-order valence-corrected chi connectivity index (χ1v) is 5.65. The molecule has 4 nitrogen and oxygen atoms in total. The highest BCUT2D eigenvalue weighted by Gasteiger charge is 2.39. The van der Waals surface area contributed by atoms with E-state index in [1.807, 2.05) is 5.32 Å². The number of alkyl halides is 5. The van der Waals surface area contributed by atoms with Crippen molar-refractivity contribution in [3.05, 3.63) is 29.8 Å². The summed E-state index contributed by atoms with van der Waals surface area (Å²) in [5.41, 5.74) is -2.24. The zero-order valence-corrected chi connectivity index (χ0v) is 10.7. The average Bonchev–Trinajstić information content (AvgIpc) is 2.34. The number of carboxylic acid groups (broad SMARTS) is 1. The van der Waals surface area contributed by atoms with Gasteiger partial charge in [-0.1, -0.05) is 12.1 Å². The fraction of sp³-hybridized carbons (Fsp3) is 0.417. The SMILES string of the molecule is CC(NCC(F)(F)F)(C(=O)O)c1cccc(OC(F)F)c1. The number of hydrogen-bond donors (Lipinski definition) is 2. The van der Waals surface area contributed by atoms with E-state index in [1.54, 1.807) is 0 Å². The molecule has 9 heteroatoms. The van der Waals surface area contributed by atoms with Crippen molar-refractivity contribution in [2.45, 2.75) is 25.3 Å². The molecule has 0 aliphatic heterocycles. The molecule has 0 heterocycles. The summed E-state index contributed by atoms with van der Waals surface area (Å²) < 4.78 is 65.0. The number of ether oxygens (including phenoxy) is 1. The van der Waals surface area contributed by atoms with Gasteiger partial charge in [-0.25, -0.2) is 4.79 Å². The van der Waals surface area contributed by atoms with Crippen molar-refractivity contribution >= 4 is 5.97 Å². The lowest BCUT2D eigenvalue weighted by Crippen LogP contribution is -2.50. The summed E-state index contributed by atoms with van der Waals surface area (Å²) >= 11 is 0. The van der Waals surface area contributed by atoms with E-state index in [9.17, 15) is 26.7 Å². The number of carboxylic acids is 1.